The molecule has 0 fully saturated rings. The van der Waals surface area contributed by atoms with Gasteiger partial charge < -0.3 is 5.73 Å². The summed E-state index contributed by atoms with van der Waals surface area (Å²) in [6, 6.07) is 8.80. The lowest BCUT2D eigenvalue weighted by Gasteiger charge is -2.13. The van der Waals surface area contributed by atoms with E-state index in [1.165, 1.54) is 11.1 Å². The lowest BCUT2D eigenvalue weighted by molar-refractivity contribution is 0.538. The molecule has 0 saturated carbocycles. The number of aryl methyl sites for hydroxylation is 1. The summed E-state index contributed by atoms with van der Waals surface area (Å²) in [6.45, 7) is 6.89. The zero-order chi connectivity index (χ0) is 12.4. The van der Waals surface area contributed by atoms with Gasteiger partial charge >= 0.3 is 0 Å². The van der Waals surface area contributed by atoms with E-state index >= 15 is 0 Å². The monoisotopic (exact) mass is 229 g/mol. The van der Waals surface area contributed by atoms with Crippen molar-refractivity contribution in [2.75, 3.05) is 0 Å². The highest BCUT2D eigenvalue weighted by Crippen LogP contribution is 2.26. The number of nitrogens with two attached hydrogens (primary N) is 1. The summed E-state index contributed by atoms with van der Waals surface area (Å²) < 4.78 is 2.04. The van der Waals surface area contributed by atoms with Crippen LogP contribution in [0.25, 0.3) is 11.3 Å². The number of rotatable bonds is 3. The standard InChI is InChI=1S/C14H19N3/c1-10(2)17-14(13(8-15)9-16-17)12-6-4-5-11(3)7-12/h4-7,9-10H,8,15H2,1-3H3. The first-order valence-corrected chi connectivity index (χ1v) is 5.97. The van der Waals surface area contributed by atoms with Crippen LogP contribution >= 0.6 is 0 Å². The molecule has 3 nitrogen and oxygen atoms in total. The van der Waals surface area contributed by atoms with Gasteiger partial charge in [-0.3, -0.25) is 4.68 Å². The van der Waals surface area contributed by atoms with E-state index in [2.05, 4.69) is 50.1 Å². The Morgan fingerprint density at radius 1 is 1.35 bits per heavy atom. The van der Waals surface area contributed by atoms with Crippen molar-refractivity contribution in [3.63, 3.8) is 0 Å². The minimum absolute atomic E-state index is 0.339. The fourth-order valence-corrected chi connectivity index (χ4v) is 2.05. The number of hydrogen-bond donors (Lipinski definition) is 1. The van der Waals surface area contributed by atoms with Crippen molar-refractivity contribution >= 4 is 0 Å². The van der Waals surface area contributed by atoms with Gasteiger partial charge in [-0.1, -0.05) is 23.8 Å². The second-order valence-electron chi connectivity index (χ2n) is 4.63. The first-order valence-electron chi connectivity index (χ1n) is 5.97. The molecule has 0 aliphatic heterocycles. The Balaban J connectivity index is 2.60. The van der Waals surface area contributed by atoms with Crippen LogP contribution in [0.1, 0.15) is 31.0 Å². The van der Waals surface area contributed by atoms with Crippen molar-refractivity contribution < 1.29 is 0 Å². The van der Waals surface area contributed by atoms with E-state index < -0.39 is 0 Å². The molecular formula is C14H19N3. The molecule has 0 saturated heterocycles. The topological polar surface area (TPSA) is 43.8 Å². The Bertz CT molecular complexity index is 512. The quantitative estimate of drug-likeness (QED) is 0.879. The van der Waals surface area contributed by atoms with Gasteiger partial charge in [0.2, 0.25) is 0 Å². The van der Waals surface area contributed by atoms with Gasteiger partial charge in [-0.05, 0) is 26.8 Å². The first-order chi connectivity index (χ1) is 8.13. The van der Waals surface area contributed by atoms with Crippen LogP contribution in [0.15, 0.2) is 30.5 Å². The van der Waals surface area contributed by atoms with Gasteiger partial charge in [0.15, 0.2) is 0 Å². The maximum Gasteiger partial charge on any atom is 0.0730 e. The molecule has 0 aliphatic carbocycles. The van der Waals surface area contributed by atoms with E-state index in [1.807, 2.05) is 10.9 Å². The summed E-state index contributed by atoms with van der Waals surface area (Å²) in [5.74, 6) is 0. The first kappa shape index (κ1) is 11.9. The molecule has 0 amide bonds. The highest BCUT2D eigenvalue weighted by molar-refractivity contribution is 5.64. The van der Waals surface area contributed by atoms with Gasteiger partial charge in [0.1, 0.15) is 0 Å². The minimum atomic E-state index is 0.339. The maximum atomic E-state index is 5.79. The van der Waals surface area contributed by atoms with Crippen molar-refractivity contribution in [1.29, 1.82) is 0 Å². The van der Waals surface area contributed by atoms with Crippen LogP contribution in [0.4, 0.5) is 0 Å². The van der Waals surface area contributed by atoms with Crippen LogP contribution in [0.2, 0.25) is 0 Å². The van der Waals surface area contributed by atoms with Crippen molar-refractivity contribution in [1.82, 2.24) is 9.78 Å². The van der Waals surface area contributed by atoms with E-state index in [1.54, 1.807) is 0 Å². The van der Waals surface area contributed by atoms with Gasteiger partial charge in [-0.15, -0.1) is 0 Å². The molecule has 0 atom stereocenters. The predicted octanol–water partition coefficient (Wildman–Crippen LogP) is 2.90. The molecular weight excluding hydrogens is 210 g/mol. The third-order valence-electron chi connectivity index (χ3n) is 2.87. The molecule has 0 radical (unpaired) electrons. The van der Waals surface area contributed by atoms with E-state index in [9.17, 15) is 0 Å². The highest BCUT2D eigenvalue weighted by atomic mass is 15.3. The van der Waals surface area contributed by atoms with E-state index in [4.69, 9.17) is 5.73 Å². The summed E-state index contributed by atoms with van der Waals surface area (Å²) >= 11 is 0. The molecule has 1 heterocycles. The summed E-state index contributed by atoms with van der Waals surface area (Å²) in [4.78, 5) is 0. The predicted molar refractivity (Wildman–Crippen MR) is 70.7 cm³/mol. The Kier molecular flexibility index (Phi) is 3.29. The van der Waals surface area contributed by atoms with Gasteiger partial charge in [-0.2, -0.15) is 5.10 Å². The Hall–Kier alpha value is -1.61. The van der Waals surface area contributed by atoms with Crippen molar-refractivity contribution in [3.8, 4) is 11.3 Å². The van der Waals surface area contributed by atoms with E-state index in [0.29, 0.717) is 12.6 Å². The summed E-state index contributed by atoms with van der Waals surface area (Å²) in [6.07, 6.45) is 1.87. The van der Waals surface area contributed by atoms with Crippen LogP contribution in [0.5, 0.6) is 0 Å². The minimum Gasteiger partial charge on any atom is -0.326 e. The molecule has 3 heteroatoms. The van der Waals surface area contributed by atoms with E-state index in [0.717, 1.165) is 11.3 Å². The molecule has 1 aromatic carbocycles. The Labute approximate surface area is 102 Å². The number of hydrogen-bond acceptors (Lipinski definition) is 2. The second-order valence-corrected chi connectivity index (χ2v) is 4.63. The molecule has 2 aromatic rings. The molecule has 2 N–H and O–H groups in total. The van der Waals surface area contributed by atoms with Crippen LogP contribution in [0, 0.1) is 6.92 Å². The summed E-state index contributed by atoms with van der Waals surface area (Å²) in [5, 5.41) is 4.43. The average molecular weight is 229 g/mol. The van der Waals surface area contributed by atoms with Crippen molar-refractivity contribution in [2.24, 2.45) is 5.73 Å². The van der Waals surface area contributed by atoms with Crippen LogP contribution in [0.3, 0.4) is 0 Å². The number of benzene rings is 1. The summed E-state index contributed by atoms with van der Waals surface area (Å²) in [5.41, 5.74) is 10.5. The summed E-state index contributed by atoms with van der Waals surface area (Å²) in [7, 11) is 0. The molecule has 17 heavy (non-hydrogen) atoms. The molecule has 1 aromatic heterocycles. The average Bonchev–Trinajstić information content (AvgIpc) is 2.72. The Morgan fingerprint density at radius 2 is 2.12 bits per heavy atom. The van der Waals surface area contributed by atoms with Gasteiger partial charge in [0.05, 0.1) is 11.9 Å². The van der Waals surface area contributed by atoms with Crippen LogP contribution < -0.4 is 5.73 Å². The Morgan fingerprint density at radius 3 is 2.71 bits per heavy atom. The van der Waals surface area contributed by atoms with Crippen LogP contribution in [-0.2, 0) is 6.54 Å². The lowest BCUT2D eigenvalue weighted by atomic mass is 10.1. The van der Waals surface area contributed by atoms with Crippen molar-refractivity contribution in [3.05, 3.63) is 41.6 Å². The normalized spacial score (nSPS) is 11.1. The third kappa shape index (κ3) is 2.24. The number of nitrogens with zero attached hydrogens (tertiary/aromatic N) is 2. The van der Waals surface area contributed by atoms with Gasteiger partial charge in [-0.25, -0.2) is 0 Å². The van der Waals surface area contributed by atoms with Crippen LogP contribution in [-0.4, -0.2) is 9.78 Å². The van der Waals surface area contributed by atoms with Crippen molar-refractivity contribution in [2.45, 2.75) is 33.4 Å². The fourth-order valence-electron chi connectivity index (χ4n) is 2.05. The SMILES string of the molecule is Cc1cccc(-c2c(CN)cnn2C(C)C)c1. The smallest absolute Gasteiger partial charge is 0.0730 e. The third-order valence-corrected chi connectivity index (χ3v) is 2.87. The lowest BCUT2D eigenvalue weighted by Crippen LogP contribution is -2.06. The van der Waals surface area contributed by atoms with E-state index in [-0.39, 0.29) is 0 Å². The second kappa shape index (κ2) is 4.72. The maximum absolute atomic E-state index is 5.79. The zero-order valence-electron chi connectivity index (χ0n) is 10.6. The largest absolute Gasteiger partial charge is 0.326 e. The molecule has 0 spiro atoms. The zero-order valence-corrected chi connectivity index (χ0v) is 10.6. The highest BCUT2D eigenvalue weighted by Gasteiger charge is 2.13. The van der Waals surface area contributed by atoms with Gasteiger partial charge in [0, 0.05) is 23.7 Å². The molecule has 90 valence electrons. The molecule has 2 rings (SSSR count). The van der Waals surface area contributed by atoms with Gasteiger partial charge in [0.25, 0.3) is 0 Å². The molecule has 0 aliphatic rings. The molecule has 0 unspecified atom stereocenters. The number of aromatic nitrogens is 2. The fraction of sp³-hybridized carbons (Fsp3) is 0.357. The molecule has 0 bridgehead atoms.